The molecule has 12 heteroatoms. The number of aromatic nitrogens is 4. The summed E-state index contributed by atoms with van der Waals surface area (Å²) in [4.78, 5) is 11.8. The van der Waals surface area contributed by atoms with Gasteiger partial charge in [-0.25, -0.2) is 13.9 Å². The van der Waals surface area contributed by atoms with E-state index in [-0.39, 0.29) is 18.0 Å². The Morgan fingerprint density at radius 3 is 2.77 bits per heavy atom. The molecule has 1 aliphatic rings. The van der Waals surface area contributed by atoms with E-state index in [1.807, 2.05) is 0 Å². The van der Waals surface area contributed by atoms with Crippen molar-refractivity contribution in [3.8, 4) is 5.75 Å². The lowest BCUT2D eigenvalue weighted by Gasteiger charge is -2.33. The molecule has 140 valence electrons. The molecule has 1 aliphatic heterocycles. The Morgan fingerprint density at radius 2 is 2.12 bits per heavy atom. The summed E-state index contributed by atoms with van der Waals surface area (Å²) in [5.74, 6) is 0.0817. The quantitative estimate of drug-likeness (QED) is 0.460. The average molecular weight is 382 g/mol. The molecule has 2 aromatic rings. The maximum atomic E-state index is 12.9. The fourth-order valence-corrected chi connectivity index (χ4v) is 4.42. The minimum atomic E-state index is -3.88. The Labute approximate surface area is 149 Å². The molecule has 0 saturated carbocycles. The first-order chi connectivity index (χ1) is 12.5. The summed E-state index contributed by atoms with van der Waals surface area (Å²) in [5, 5.41) is 22.1. The van der Waals surface area contributed by atoms with Crippen LogP contribution in [0, 0.1) is 0 Å². The molecule has 0 radical (unpaired) electrons. The Hall–Kier alpha value is -2.57. The van der Waals surface area contributed by atoms with Crippen LogP contribution in [0.15, 0.2) is 29.2 Å². The summed E-state index contributed by atoms with van der Waals surface area (Å²) >= 11 is 0. The summed E-state index contributed by atoms with van der Waals surface area (Å²) in [6.45, 7) is 0.309. The van der Waals surface area contributed by atoms with Gasteiger partial charge in [0, 0.05) is 6.54 Å². The van der Waals surface area contributed by atoms with Crippen molar-refractivity contribution in [1.82, 2.24) is 30.4 Å². The number of hydroxylamine groups is 1. The number of nitrogens with one attached hydrogen (secondary N) is 2. The van der Waals surface area contributed by atoms with Gasteiger partial charge in [-0.2, -0.15) is 9.52 Å². The molecule has 26 heavy (non-hydrogen) atoms. The molecule has 1 unspecified atom stereocenters. The highest BCUT2D eigenvalue weighted by atomic mass is 32.2. The molecule has 1 atom stereocenters. The molecule has 0 spiro atoms. The number of rotatable bonds is 6. The highest BCUT2D eigenvalue weighted by Gasteiger charge is 2.37. The SMILES string of the molecule is O=C(NO)C1CCCCN1S(=O)(=O)c1ccc(OCc2nn[nH]n2)cc1. The number of hydrogen-bond donors (Lipinski definition) is 3. The van der Waals surface area contributed by atoms with Crippen LogP contribution in [0.25, 0.3) is 0 Å². The standard InChI is InChI=1S/C14H18N6O5S/c21-14(17-22)12-3-1-2-8-20(12)26(23,24)11-6-4-10(5-7-11)25-9-13-15-18-19-16-13/h4-7,12,22H,1-3,8-9H2,(H,17,21)(H,15,16,18,19). The first-order valence-corrected chi connectivity index (χ1v) is 9.37. The van der Waals surface area contributed by atoms with E-state index in [2.05, 4.69) is 20.6 Å². The molecular formula is C14H18N6O5S. The zero-order valence-electron chi connectivity index (χ0n) is 13.7. The molecular weight excluding hydrogens is 364 g/mol. The van der Waals surface area contributed by atoms with Crippen LogP contribution in [0.2, 0.25) is 0 Å². The maximum absolute atomic E-state index is 12.9. The van der Waals surface area contributed by atoms with Crippen molar-refractivity contribution in [1.29, 1.82) is 0 Å². The third-order valence-corrected chi connectivity index (χ3v) is 5.98. The molecule has 11 nitrogen and oxygen atoms in total. The molecule has 3 rings (SSSR count). The number of nitrogens with zero attached hydrogens (tertiary/aromatic N) is 4. The average Bonchev–Trinajstić information content (AvgIpc) is 3.19. The Morgan fingerprint density at radius 1 is 1.35 bits per heavy atom. The molecule has 1 amide bonds. The van der Waals surface area contributed by atoms with Crippen molar-refractivity contribution in [3.63, 3.8) is 0 Å². The van der Waals surface area contributed by atoms with E-state index in [4.69, 9.17) is 9.94 Å². The number of hydrogen-bond acceptors (Lipinski definition) is 8. The maximum Gasteiger partial charge on any atom is 0.261 e. The fraction of sp³-hybridized carbons (Fsp3) is 0.429. The smallest absolute Gasteiger partial charge is 0.261 e. The van der Waals surface area contributed by atoms with Gasteiger partial charge in [-0.05, 0) is 37.1 Å². The van der Waals surface area contributed by atoms with E-state index < -0.39 is 22.0 Å². The van der Waals surface area contributed by atoms with Gasteiger partial charge in [-0.1, -0.05) is 11.6 Å². The first kappa shape index (κ1) is 18.2. The van der Waals surface area contributed by atoms with Crippen LogP contribution >= 0.6 is 0 Å². The number of carbonyl (C=O) groups is 1. The topological polar surface area (TPSA) is 150 Å². The molecule has 1 saturated heterocycles. The van der Waals surface area contributed by atoms with Crippen LogP contribution in [0.1, 0.15) is 25.1 Å². The Balaban J connectivity index is 1.74. The van der Waals surface area contributed by atoms with E-state index in [9.17, 15) is 13.2 Å². The Bertz CT molecular complexity index is 839. The van der Waals surface area contributed by atoms with Crippen LogP contribution in [0.5, 0.6) is 5.75 Å². The summed E-state index contributed by atoms with van der Waals surface area (Å²) in [7, 11) is -3.88. The van der Waals surface area contributed by atoms with Gasteiger partial charge in [0.25, 0.3) is 5.91 Å². The van der Waals surface area contributed by atoms with Crippen molar-refractivity contribution < 1.29 is 23.2 Å². The Kier molecular flexibility index (Phi) is 5.44. The lowest BCUT2D eigenvalue weighted by atomic mass is 10.0. The van der Waals surface area contributed by atoms with Gasteiger partial charge in [0.1, 0.15) is 11.8 Å². The second-order valence-corrected chi connectivity index (χ2v) is 7.58. The zero-order chi connectivity index (χ0) is 18.6. The van der Waals surface area contributed by atoms with Crippen molar-refractivity contribution >= 4 is 15.9 Å². The van der Waals surface area contributed by atoms with Gasteiger partial charge in [0.15, 0.2) is 6.61 Å². The molecule has 3 N–H and O–H groups in total. The van der Waals surface area contributed by atoms with Gasteiger partial charge < -0.3 is 4.74 Å². The van der Waals surface area contributed by atoms with Gasteiger partial charge in [0.2, 0.25) is 15.8 Å². The number of ether oxygens (including phenoxy) is 1. The van der Waals surface area contributed by atoms with E-state index in [1.165, 1.54) is 24.3 Å². The summed E-state index contributed by atoms with van der Waals surface area (Å²) in [6, 6.07) is 4.91. The monoisotopic (exact) mass is 382 g/mol. The predicted octanol–water partition coefficient (Wildman–Crippen LogP) is -0.173. The summed E-state index contributed by atoms with van der Waals surface area (Å²) in [5.41, 5.74) is 1.54. The number of sulfonamides is 1. The van der Waals surface area contributed by atoms with Crippen molar-refractivity contribution in [2.45, 2.75) is 36.8 Å². The lowest BCUT2D eigenvalue weighted by Crippen LogP contribution is -2.51. The first-order valence-electron chi connectivity index (χ1n) is 7.93. The number of aromatic amines is 1. The van der Waals surface area contributed by atoms with Gasteiger partial charge in [-0.15, -0.1) is 10.2 Å². The number of piperidine rings is 1. The van der Waals surface area contributed by atoms with E-state index in [0.717, 1.165) is 4.31 Å². The second kappa shape index (κ2) is 7.76. The molecule has 1 aromatic carbocycles. The minimum Gasteiger partial charge on any atom is -0.485 e. The zero-order valence-corrected chi connectivity index (χ0v) is 14.5. The highest BCUT2D eigenvalue weighted by molar-refractivity contribution is 7.89. The number of carbonyl (C=O) groups excluding carboxylic acids is 1. The number of amides is 1. The number of tetrazole rings is 1. The predicted molar refractivity (Wildman–Crippen MR) is 86.4 cm³/mol. The molecule has 2 heterocycles. The fourth-order valence-electron chi connectivity index (χ4n) is 2.76. The van der Waals surface area contributed by atoms with Crippen LogP contribution < -0.4 is 10.2 Å². The minimum absolute atomic E-state index is 0.0436. The molecule has 0 bridgehead atoms. The van der Waals surface area contributed by atoms with Crippen molar-refractivity contribution in [3.05, 3.63) is 30.1 Å². The molecule has 1 aromatic heterocycles. The normalized spacial score (nSPS) is 18.4. The number of H-pyrrole nitrogens is 1. The molecule has 1 fully saturated rings. The van der Waals surface area contributed by atoms with E-state index in [1.54, 1.807) is 5.48 Å². The van der Waals surface area contributed by atoms with E-state index >= 15 is 0 Å². The summed E-state index contributed by atoms with van der Waals surface area (Å²) < 4.78 is 32.3. The highest BCUT2D eigenvalue weighted by Crippen LogP contribution is 2.26. The van der Waals surface area contributed by atoms with Crippen LogP contribution in [0.3, 0.4) is 0 Å². The van der Waals surface area contributed by atoms with Crippen molar-refractivity contribution in [2.75, 3.05) is 6.54 Å². The van der Waals surface area contributed by atoms with Crippen LogP contribution in [0.4, 0.5) is 0 Å². The van der Waals surface area contributed by atoms with Gasteiger partial charge in [0.05, 0.1) is 4.90 Å². The largest absolute Gasteiger partial charge is 0.485 e. The van der Waals surface area contributed by atoms with E-state index in [0.29, 0.717) is 30.8 Å². The van der Waals surface area contributed by atoms with Crippen LogP contribution in [-0.2, 0) is 21.4 Å². The second-order valence-electron chi connectivity index (χ2n) is 5.69. The van der Waals surface area contributed by atoms with Gasteiger partial charge in [-0.3, -0.25) is 10.0 Å². The van der Waals surface area contributed by atoms with Crippen molar-refractivity contribution in [2.24, 2.45) is 0 Å². The summed E-state index contributed by atoms with van der Waals surface area (Å²) in [6.07, 6.45) is 1.73. The number of benzene rings is 1. The van der Waals surface area contributed by atoms with Gasteiger partial charge >= 0.3 is 0 Å². The third-order valence-electron chi connectivity index (χ3n) is 4.05. The van der Waals surface area contributed by atoms with Crippen LogP contribution in [-0.4, -0.2) is 57.0 Å². The molecule has 0 aliphatic carbocycles. The third kappa shape index (κ3) is 3.81. The lowest BCUT2D eigenvalue weighted by molar-refractivity contribution is -0.134.